The van der Waals surface area contributed by atoms with Gasteiger partial charge in [-0.25, -0.2) is 12.7 Å². The first-order valence-corrected chi connectivity index (χ1v) is 10.8. The molecule has 0 amide bonds. The highest BCUT2D eigenvalue weighted by Gasteiger charge is 2.19. The summed E-state index contributed by atoms with van der Waals surface area (Å²) in [7, 11) is 1.48. The van der Waals surface area contributed by atoms with Gasteiger partial charge in [0, 0.05) is 37.8 Å². The minimum atomic E-state index is -3.35. The lowest BCUT2D eigenvalue weighted by molar-refractivity contribution is 0.523. The van der Waals surface area contributed by atoms with Gasteiger partial charge in [0.2, 0.25) is 0 Å². The second-order valence-corrected chi connectivity index (χ2v) is 10.4. The Labute approximate surface area is 169 Å². The van der Waals surface area contributed by atoms with Gasteiger partial charge in [-0.1, -0.05) is 0 Å². The predicted octanol–water partition coefficient (Wildman–Crippen LogP) is 2.18. The van der Waals surface area contributed by atoms with Crippen LogP contribution in [0, 0.1) is 0 Å². The van der Waals surface area contributed by atoms with Crippen molar-refractivity contribution in [2.45, 2.75) is 28.8 Å². The molecule has 1 unspecified atom stereocenters. The van der Waals surface area contributed by atoms with Crippen LogP contribution in [0.25, 0.3) is 0 Å². The molecule has 0 aromatic carbocycles. The smallest absolute Gasteiger partial charge is 0.252 e. The molecule has 1 atom stereocenters. The van der Waals surface area contributed by atoms with Gasteiger partial charge in [-0.3, -0.25) is 4.99 Å². The van der Waals surface area contributed by atoms with Crippen molar-refractivity contribution in [2.24, 2.45) is 4.99 Å². The van der Waals surface area contributed by atoms with Crippen molar-refractivity contribution in [3.8, 4) is 0 Å². The molecule has 2 heterocycles. The first kappa shape index (κ1) is 22.0. The van der Waals surface area contributed by atoms with Crippen molar-refractivity contribution in [1.82, 2.24) is 14.9 Å². The molecule has 0 bridgehead atoms. The van der Waals surface area contributed by atoms with E-state index in [-0.39, 0.29) is 24.0 Å². The summed E-state index contributed by atoms with van der Waals surface area (Å²) in [5, 5.41) is 7.23. The number of rotatable bonds is 6. The van der Waals surface area contributed by atoms with E-state index in [1.54, 1.807) is 27.2 Å². The average molecular weight is 504 g/mol. The summed E-state index contributed by atoms with van der Waals surface area (Å²) in [4.78, 5) is 5.17. The Morgan fingerprint density at radius 3 is 2.71 bits per heavy atom. The highest BCUT2D eigenvalue weighted by molar-refractivity contribution is 14.0. The highest BCUT2D eigenvalue weighted by Crippen LogP contribution is 2.25. The highest BCUT2D eigenvalue weighted by atomic mass is 127. The van der Waals surface area contributed by atoms with Gasteiger partial charge in [-0.2, -0.15) is 11.8 Å². The van der Waals surface area contributed by atoms with Crippen LogP contribution in [0.3, 0.4) is 0 Å². The van der Waals surface area contributed by atoms with Crippen LogP contribution < -0.4 is 10.6 Å². The third kappa shape index (κ3) is 6.04. The van der Waals surface area contributed by atoms with Crippen molar-refractivity contribution in [3.05, 3.63) is 17.0 Å². The lowest BCUT2D eigenvalue weighted by Gasteiger charge is -2.14. The van der Waals surface area contributed by atoms with Crippen LogP contribution >= 0.6 is 47.1 Å². The van der Waals surface area contributed by atoms with Crippen molar-refractivity contribution in [2.75, 3.05) is 33.4 Å². The quantitative estimate of drug-likeness (QED) is 0.353. The zero-order valence-corrected chi connectivity index (χ0v) is 18.9. The molecule has 1 fully saturated rings. The lowest BCUT2D eigenvalue weighted by Crippen LogP contribution is -2.39. The van der Waals surface area contributed by atoms with E-state index in [1.165, 1.54) is 34.2 Å². The van der Waals surface area contributed by atoms with E-state index in [0.29, 0.717) is 16.0 Å². The minimum absolute atomic E-state index is 0. The zero-order chi connectivity index (χ0) is 16.9. The summed E-state index contributed by atoms with van der Waals surface area (Å²) in [5.41, 5.74) is 0. The Balaban J connectivity index is 0.00000288. The maximum Gasteiger partial charge on any atom is 0.252 e. The number of hydrogen-bond acceptors (Lipinski definition) is 5. The maximum atomic E-state index is 12.1. The third-order valence-electron chi connectivity index (χ3n) is 3.55. The molecule has 6 nitrogen and oxygen atoms in total. The van der Waals surface area contributed by atoms with Gasteiger partial charge < -0.3 is 10.6 Å². The number of halogens is 1. The number of aliphatic imine (C=N–C) groups is 1. The molecule has 24 heavy (non-hydrogen) atoms. The van der Waals surface area contributed by atoms with Crippen LogP contribution in [0.4, 0.5) is 0 Å². The molecule has 10 heteroatoms. The SMILES string of the molecule is CN=C(NCc1ccc(S(=O)(=O)N(C)C)s1)NCC1CCCS1.I. The molecule has 2 N–H and O–H groups in total. The zero-order valence-electron chi connectivity index (χ0n) is 14.1. The molecular formula is C14H25IN4O2S3. The standard InChI is InChI=1S/C14H24N4O2S3.HI/c1-15-14(16-9-11-5-4-8-21-11)17-10-12-6-7-13(22-12)23(19,20)18(2)3;/h6-7,11H,4-5,8-10H2,1-3H3,(H2,15,16,17);1H. The summed E-state index contributed by atoms with van der Waals surface area (Å²) in [6.45, 7) is 1.47. The van der Waals surface area contributed by atoms with E-state index < -0.39 is 10.0 Å². The Hall–Kier alpha value is -0.0400. The fraction of sp³-hybridized carbons (Fsp3) is 0.643. The molecular weight excluding hydrogens is 479 g/mol. The van der Waals surface area contributed by atoms with Crippen LogP contribution in [0.15, 0.2) is 21.3 Å². The Bertz CT molecular complexity index is 640. The average Bonchev–Trinajstić information content (AvgIpc) is 3.18. The summed E-state index contributed by atoms with van der Waals surface area (Å²) >= 11 is 3.29. The number of hydrogen-bond donors (Lipinski definition) is 2. The normalized spacial score (nSPS) is 18.5. The van der Waals surface area contributed by atoms with Crippen molar-refractivity contribution in [1.29, 1.82) is 0 Å². The molecule has 1 saturated heterocycles. The van der Waals surface area contributed by atoms with E-state index in [4.69, 9.17) is 0 Å². The summed E-state index contributed by atoms with van der Waals surface area (Å²) in [6, 6.07) is 3.50. The molecule has 1 aromatic heterocycles. The lowest BCUT2D eigenvalue weighted by atomic mass is 10.2. The van der Waals surface area contributed by atoms with Crippen LogP contribution in [-0.2, 0) is 16.6 Å². The van der Waals surface area contributed by atoms with E-state index >= 15 is 0 Å². The Morgan fingerprint density at radius 2 is 2.12 bits per heavy atom. The number of guanidine groups is 1. The first-order valence-electron chi connectivity index (χ1n) is 7.51. The molecule has 1 aliphatic heterocycles. The monoisotopic (exact) mass is 504 g/mol. The molecule has 0 saturated carbocycles. The molecule has 1 aliphatic rings. The molecule has 1 aromatic rings. The van der Waals surface area contributed by atoms with E-state index in [9.17, 15) is 8.42 Å². The fourth-order valence-corrected chi connectivity index (χ4v) is 5.84. The van der Waals surface area contributed by atoms with Gasteiger partial charge in [0.05, 0.1) is 6.54 Å². The van der Waals surface area contributed by atoms with Crippen molar-refractivity contribution >= 4 is 63.1 Å². The Kier molecular flexibility index (Phi) is 9.34. The van der Waals surface area contributed by atoms with Gasteiger partial charge in [-0.15, -0.1) is 35.3 Å². The molecule has 0 radical (unpaired) electrons. The second-order valence-electron chi connectivity index (χ2n) is 5.45. The van der Waals surface area contributed by atoms with Crippen LogP contribution in [0.2, 0.25) is 0 Å². The largest absolute Gasteiger partial charge is 0.355 e. The van der Waals surface area contributed by atoms with Crippen molar-refractivity contribution in [3.63, 3.8) is 0 Å². The van der Waals surface area contributed by atoms with E-state index in [0.717, 1.165) is 17.4 Å². The summed E-state index contributed by atoms with van der Waals surface area (Å²) in [5.74, 6) is 2.00. The number of thioether (sulfide) groups is 1. The number of nitrogens with one attached hydrogen (secondary N) is 2. The molecule has 2 rings (SSSR count). The fourth-order valence-electron chi connectivity index (χ4n) is 2.18. The maximum absolute atomic E-state index is 12.1. The van der Waals surface area contributed by atoms with Crippen LogP contribution in [-0.4, -0.2) is 57.4 Å². The second kappa shape index (κ2) is 10.2. The molecule has 138 valence electrons. The van der Waals surface area contributed by atoms with Gasteiger partial charge in [0.25, 0.3) is 10.0 Å². The topological polar surface area (TPSA) is 73.8 Å². The predicted molar refractivity (Wildman–Crippen MR) is 114 cm³/mol. The number of thiophene rings is 1. The molecule has 0 aliphatic carbocycles. The van der Waals surface area contributed by atoms with Crippen LogP contribution in [0.1, 0.15) is 17.7 Å². The molecule has 0 spiro atoms. The third-order valence-corrected chi connectivity index (χ3v) is 8.31. The Morgan fingerprint density at radius 1 is 1.38 bits per heavy atom. The van der Waals surface area contributed by atoms with Crippen LogP contribution in [0.5, 0.6) is 0 Å². The summed E-state index contributed by atoms with van der Waals surface area (Å²) in [6.07, 6.45) is 2.55. The number of sulfonamides is 1. The summed E-state index contributed by atoms with van der Waals surface area (Å²) < 4.78 is 25.7. The van der Waals surface area contributed by atoms with Gasteiger partial charge in [0.1, 0.15) is 4.21 Å². The van der Waals surface area contributed by atoms with E-state index in [2.05, 4.69) is 15.6 Å². The van der Waals surface area contributed by atoms with Crippen molar-refractivity contribution < 1.29 is 8.42 Å². The van der Waals surface area contributed by atoms with E-state index in [1.807, 2.05) is 17.8 Å². The van der Waals surface area contributed by atoms with Gasteiger partial charge >= 0.3 is 0 Å². The minimum Gasteiger partial charge on any atom is -0.355 e. The van der Waals surface area contributed by atoms with Gasteiger partial charge in [0.15, 0.2) is 5.96 Å². The first-order chi connectivity index (χ1) is 10.9. The van der Waals surface area contributed by atoms with Gasteiger partial charge in [-0.05, 0) is 30.7 Å². The number of nitrogens with zero attached hydrogens (tertiary/aromatic N) is 2.